The molecule has 3 atom stereocenters. The Kier molecular flexibility index (Phi) is 6.39. The van der Waals surface area contributed by atoms with Crippen LogP contribution in [0.4, 0.5) is 0 Å². The molecule has 1 N–H and O–H groups in total. The molecule has 0 rings (SSSR count). The molecule has 0 aliphatic heterocycles. The monoisotopic (exact) mass is 174 g/mol. The summed E-state index contributed by atoms with van der Waals surface area (Å²) in [5.74, 6) is 0.608. The van der Waals surface area contributed by atoms with E-state index in [1.807, 2.05) is 6.92 Å². The molecular weight excluding hydrogens is 152 g/mol. The number of rotatable bonds is 6. The van der Waals surface area contributed by atoms with Crippen LogP contribution < -0.4 is 0 Å². The van der Waals surface area contributed by atoms with Gasteiger partial charge in [-0.05, 0) is 26.2 Å². The standard InChI is InChI=1S/C10H22O2/c1-5-6-8(2)7-12-10(4)9(3)11/h8-11H,5-7H2,1-4H3/t8?,9-,10?/m1/s1. The van der Waals surface area contributed by atoms with Crippen LogP contribution in [0.3, 0.4) is 0 Å². The lowest BCUT2D eigenvalue weighted by Crippen LogP contribution is -2.24. The Bertz CT molecular complexity index is 102. The van der Waals surface area contributed by atoms with Crippen molar-refractivity contribution in [1.82, 2.24) is 0 Å². The van der Waals surface area contributed by atoms with Crippen LogP contribution in [0.15, 0.2) is 0 Å². The average Bonchev–Trinajstić information content (AvgIpc) is 2.00. The van der Waals surface area contributed by atoms with E-state index in [4.69, 9.17) is 9.84 Å². The summed E-state index contributed by atoms with van der Waals surface area (Å²) in [6.45, 7) is 8.78. The van der Waals surface area contributed by atoms with Gasteiger partial charge in [0.2, 0.25) is 0 Å². The van der Waals surface area contributed by atoms with Crippen LogP contribution in [0, 0.1) is 5.92 Å². The van der Waals surface area contributed by atoms with Gasteiger partial charge in [-0.15, -0.1) is 0 Å². The molecular formula is C10H22O2. The van der Waals surface area contributed by atoms with Crippen LogP contribution in [-0.2, 0) is 4.74 Å². The van der Waals surface area contributed by atoms with E-state index < -0.39 is 0 Å². The number of hydrogen-bond acceptors (Lipinski definition) is 2. The van der Waals surface area contributed by atoms with Gasteiger partial charge < -0.3 is 9.84 Å². The van der Waals surface area contributed by atoms with Crippen molar-refractivity contribution in [1.29, 1.82) is 0 Å². The molecule has 12 heavy (non-hydrogen) atoms. The lowest BCUT2D eigenvalue weighted by molar-refractivity contribution is -0.0306. The molecule has 74 valence electrons. The number of aliphatic hydroxyl groups is 1. The van der Waals surface area contributed by atoms with E-state index in [0.29, 0.717) is 5.92 Å². The third-order valence-electron chi connectivity index (χ3n) is 2.10. The third kappa shape index (κ3) is 5.56. The van der Waals surface area contributed by atoms with Crippen molar-refractivity contribution >= 4 is 0 Å². The van der Waals surface area contributed by atoms with Crippen molar-refractivity contribution in [2.45, 2.75) is 52.7 Å². The lowest BCUT2D eigenvalue weighted by atomic mass is 10.1. The molecule has 0 saturated heterocycles. The smallest absolute Gasteiger partial charge is 0.0803 e. The zero-order chi connectivity index (χ0) is 9.56. The molecule has 0 saturated carbocycles. The minimum absolute atomic E-state index is 0.0377. The molecule has 0 aromatic heterocycles. The second-order valence-corrected chi connectivity index (χ2v) is 3.67. The summed E-state index contributed by atoms with van der Waals surface area (Å²) in [6.07, 6.45) is 2.00. The first kappa shape index (κ1) is 11.9. The van der Waals surface area contributed by atoms with Crippen molar-refractivity contribution in [3.8, 4) is 0 Å². The summed E-state index contributed by atoms with van der Waals surface area (Å²) in [4.78, 5) is 0. The van der Waals surface area contributed by atoms with Gasteiger partial charge in [-0.25, -0.2) is 0 Å². The molecule has 0 heterocycles. The van der Waals surface area contributed by atoms with Gasteiger partial charge in [-0.3, -0.25) is 0 Å². The van der Waals surface area contributed by atoms with Crippen LogP contribution >= 0.6 is 0 Å². The summed E-state index contributed by atoms with van der Waals surface area (Å²) in [5, 5.41) is 9.14. The fraction of sp³-hybridized carbons (Fsp3) is 1.00. The molecule has 0 aromatic rings. The summed E-state index contributed by atoms with van der Waals surface area (Å²) >= 11 is 0. The molecule has 0 aliphatic rings. The van der Waals surface area contributed by atoms with Gasteiger partial charge in [0.05, 0.1) is 12.2 Å². The highest BCUT2D eigenvalue weighted by atomic mass is 16.5. The largest absolute Gasteiger partial charge is 0.391 e. The minimum atomic E-state index is -0.362. The van der Waals surface area contributed by atoms with E-state index in [1.165, 1.54) is 12.8 Å². The zero-order valence-electron chi connectivity index (χ0n) is 8.71. The Labute approximate surface area is 75.9 Å². The Morgan fingerprint density at radius 1 is 1.25 bits per heavy atom. The maximum atomic E-state index is 9.14. The maximum absolute atomic E-state index is 9.14. The van der Waals surface area contributed by atoms with Gasteiger partial charge in [0.25, 0.3) is 0 Å². The Hall–Kier alpha value is -0.0800. The lowest BCUT2D eigenvalue weighted by Gasteiger charge is -2.18. The molecule has 2 unspecified atom stereocenters. The fourth-order valence-electron chi connectivity index (χ4n) is 1.03. The highest BCUT2D eigenvalue weighted by Crippen LogP contribution is 2.07. The van der Waals surface area contributed by atoms with E-state index in [9.17, 15) is 0 Å². The maximum Gasteiger partial charge on any atom is 0.0803 e. The van der Waals surface area contributed by atoms with E-state index in [1.54, 1.807) is 6.92 Å². The predicted molar refractivity (Wildman–Crippen MR) is 51.2 cm³/mol. The van der Waals surface area contributed by atoms with Crippen molar-refractivity contribution in [3.63, 3.8) is 0 Å². The van der Waals surface area contributed by atoms with E-state index in [2.05, 4.69) is 13.8 Å². The molecule has 0 radical (unpaired) electrons. The quantitative estimate of drug-likeness (QED) is 0.669. The first-order valence-corrected chi connectivity index (χ1v) is 4.87. The number of hydrogen-bond donors (Lipinski definition) is 1. The number of aliphatic hydroxyl groups excluding tert-OH is 1. The molecule has 0 fully saturated rings. The highest BCUT2D eigenvalue weighted by molar-refractivity contribution is 4.58. The first-order valence-electron chi connectivity index (χ1n) is 4.87. The van der Waals surface area contributed by atoms with Crippen LogP contribution in [0.1, 0.15) is 40.5 Å². The normalized spacial score (nSPS) is 18.8. The summed E-state index contributed by atoms with van der Waals surface area (Å²) < 4.78 is 5.47. The van der Waals surface area contributed by atoms with E-state index >= 15 is 0 Å². The molecule has 0 aliphatic carbocycles. The van der Waals surface area contributed by atoms with Crippen molar-refractivity contribution in [2.24, 2.45) is 5.92 Å². The van der Waals surface area contributed by atoms with Gasteiger partial charge in [0.1, 0.15) is 0 Å². The average molecular weight is 174 g/mol. The topological polar surface area (TPSA) is 29.5 Å². The number of ether oxygens (including phenoxy) is 1. The second kappa shape index (κ2) is 6.44. The van der Waals surface area contributed by atoms with Crippen LogP contribution in [0.2, 0.25) is 0 Å². The molecule has 0 bridgehead atoms. The highest BCUT2D eigenvalue weighted by Gasteiger charge is 2.10. The SMILES string of the molecule is CCCC(C)COC(C)[C@@H](C)O. The Morgan fingerprint density at radius 3 is 2.25 bits per heavy atom. The summed E-state index contributed by atoms with van der Waals surface area (Å²) in [6, 6.07) is 0. The molecule has 0 spiro atoms. The van der Waals surface area contributed by atoms with Gasteiger partial charge in [-0.2, -0.15) is 0 Å². The minimum Gasteiger partial charge on any atom is -0.391 e. The van der Waals surface area contributed by atoms with E-state index in [0.717, 1.165) is 6.61 Å². The Balaban J connectivity index is 3.40. The van der Waals surface area contributed by atoms with Gasteiger partial charge in [0.15, 0.2) is 0 Å². The molecule has 0 amide bonds. The molecule has 2 nitrogen and oxygen atoms in total. The van der Waals surface area contributed by atoms with Crippen molar-refractivity contribution in [3.05, 3.63) is 0 Å². The zero-order valence-corrected chi connectivity index (χ0v) is 8.71. The van der Waals surface area contributed by atoms with E-state index in [-0.39, 0.29) is 12.2 Å². The van der Waals surface area contributed by atoms with Crippen LogP contribution in [0.25, 0.3) is 0 Å². The molecule has 2 heteroatoms. The van der Waals surface area contributed by atoms with Crippen molar-refractivity contribution < 1.29 is 9.84 Å². The predicted octanol–water partition coefficient (Wildman–Crippen LogP) is 2.21. The fourth-order valence-corrected chi connectivity index (χ4v) is 1.03. The first-order chi connectivity index (χ1) is 5.57. The van der Waals surface area contributed by atoms with Crippen molar-refractivity contribution in [2.75, 3.05) is 6.61 Å². The van der Waals surface area contributed by atoms with Gasteiger partial charge >= 0.3 is 0 Å². The molecule has 0 aromatic carbocycles. The van der Waals surface area contributed by atoms with Gasteiger partial charge in [-0.1, -0.05) is 20.3 Å². The Morgan fingerprint density at radius 2 is 1.83 bits per heavy atom. The van der Waals surface area contributed by atoms with Gasteiger partial charge in [0, 0.05) is 6.61 Å². The van der Waals surface area contributed by atoms with Crippen LogP contribution in [-0.4, -0.2) is 23.9 Å². The van der Waals surface area contributed by atoms with Crippen LogP contribution in [0.5, 0.6) is 0 Å². The summed E-state index contributed by atoms with van der Waals surface area (Å²) in [7, 11) is 0. The summed E-state index contributed by atoms with van der Waals surface area (Å²) in [5.41, 5.74) is 0. The second-order valence-electron chi connectivity index (χ2n) is 3.67. The third-order valence-corrected chi connectivity index (χ3v) is 2.10.